The van der Waals surface area contributed by atoms with Crippen LogP contribution in [0.15, 0.2) is 36.4 Å². The molecule has 4 aliphatic heterocycles. The molecule has 39 heavy (non-hydrogen) atoms. The van der Waals surface area contributed by atoms with Crippen molar-refractivity contribution < 1.29 is 24.1 Å². The lowest BCUT2D eigenvalue weighted by Crippen LogP contribution is -2.48. The highest BCUT2D eigenvalue weighted by atomic mass is 16.6. The molecule has 0 aliphatic carbocycles. The van der Waals surface area contributed by atoms with Crippen molar-refractivity contribution in [3.63, 3.8) is 0 Å². The SMILES string of the molecule is CC1(C)CCc2ccc(N3CC[C@H](C(=O)NC(CN4CCCC4)C(O)c4ccc5c(c4)OCCO5)C3)cc2O1. The molecule has 2 N–H and O–H groups in total. The van der Waals surface area contributed by atoms with Crippen molar-refractivity contribution in [3.8, 4) is 17.2 Å². The monoisotopic (exact) mass is 535 g/mol. The maximum absolute atomic E-state index is 13.6. The lowest BCUT2D eigenvalue weighted by molar-refractivity contribution is -0.126. The van der Waals surface area contributed by atoms with Crippen molar-refractivity contribution in [2.75, 3.05) is 50.8 Å². The number of anilines is 1. The summed E-state index contributed by atoms with van der Waals surface area (Å²) >= 11 is 0. The van der Waals surface area contributed by atoms with Gasteiger partial charge in [0.1, 0.15) is 30.7 Å². The van der Waals surface area contributed by atoms with Crippen LogP contribution < -0.4 is 24.4 Å². The number of aliphatic hydroxyl groups excluding tert-OH is 1. The molecule has 0 radical (unpaired) electrons. The molecule has 4 heterocycles. The van der Waals surface area contributed by atoms with Crippen molar-refractivity contribution >= 4 is 11.6 Å². The van der Waals surface area contributed by atoms with Crippen molar-refractivity contribution in [2.24, 2.45) is 5.92 Å². The van der Waals surface area contributed by atoms with Crippen LogP contribution in [0.1, 0.15) is 56.8 Å². The summed E-state index contributed by atoms with van der Waals surface area (Å²) in [6.07, 6.45) is 4.29. The van der Waals surface area contributed by atoms with E-state index in [4.69, 9.17) is 14.2 Å². The zero-order valence-corrected chi connectivity index (χ0v) is 23.2. The van der Waals surface area contributed by atoms with E-state index in [1.54, 1.807) is 0 Å². The summed E-state index contributed by atoms with van der Waals surface area (Å²) in [5.74, 6) is 2.18. The fourth-order valence-corrected chi connectivity index (χ4v) is 6.28. The van der Waals surface area contributed by atoms with Crippen molar-refractivity contribution in [1.29, 1.82) is 0 Å². The summed E-state index contributed by atoms with van der Waals surface area (Å²) in [6.45, 7) is 9.38. The fraction of sp³-hybridized carbons (Fsp3) is 0.581. The molecule has 3 atom stereocenters. The maximum atomic E-state index is 13.6. The van der Waals surface area contributed by atoms with Crippen LogP contribution in [-0.2, 0) is 11.2 Å². The number of hydrogen-bond acceptors (Lipinski definition) is 7. The van der Waals surface area contributed by atoms with Crippen LogP contribution in [-0.4, -0.2) is 73.5 Å². The second-order valence-electron chi connectivity index (χ2n) is 12.1. The van der Waals surface area contributed by atoms with Gasteiger partial charge in [0.2, 0.25) is 5.91 Å². The topological polar surface area (TPSA) is 83.5 Å². The van der Waals surface area contributed by atoms with Crippen LogP contribution >= 0.6 is 0 Å². The standard InChI is InChI=1S/C31H41N3O5/c1-31(2)11-9-21-5-7-24(18-27(21)39-31)34-14-10-23(19-34)30(36)32-25(20-33-12-3-4-13-33)29(35)22-6-8-26-28(17-22)38-16-15-37-26/h5-8,17-18,23,25,29,35H,3-4,9-16,19-20H2,1-2H3,(H,32,36)/t23-,25?,29?/m0/s1. The smallest absolute Gasteiger partial charge is 0.225 e. The van der Waals surface area contributed by atoms with Gasteiger partial charge in [0, 0.05) is 31.4 Å². The van der Waals surface area contributed by atoms with E-state index in [1.165, 1.54) is 5.56 Å². The number of aryl methyl sites for hydroxylation is 1. The predicted molar refractivity (Wildman–Crippen MR) is 150 cm³/mol. The van der Waals surface area contributed by atoms with Gasteiger partial charge in [-0.1, -0.05) is 12.1 Å². The molecule has 2 saturated heterocycles. The van der Waals surface area contributed by atoms with E-state index < -0.39 is 12.1 Å². The van der Waals surface area contributed by atoms with Crippen LogP contribution in [0.4, 0.5) is 5.69 Å². The van der Waals surface area contributed by atoms with Gasteiger partial charge in [0.25, 0.3) is 0 Å². The molecule has 0 spiro atoms. The molecule has 2 fully saturated rings. The molecule has 8 heteroatoms. The maximum Gasteiger partial charge on any atom is 0.225 e. The van der Waals surface area contributed by atoms with Gasteiger partial charge in [-0.2, -0.15) is 0 Å². The molecule has 2 aromatic carbocycles. The van der Waals surface area contributed by atoms with Gasteiger partial charge in [0.15, 0.2) is 11.5 Å². The van der Waals surface area contributed by atoms with E-state index in [9.17, 15) is 9.90 Å². The third-order valence-electron chi connectivity index (χ3n) is 8.63. The summed E-state index contributed by atoms with van der Waals surface area (Å²) < 4.78 is 17.6. The third kappa shape index (κ3) is 5.82. The first-order chi connectivity index (χ1) is 18.8. The van der Waals surface area contributed by atoms with Crippen molar-refractivity contribution in [3.05, 3.63) is 47.5 Å². The zero-order valence-electron chi connectivity index (χ0n) is 23.2. The highest BCUT2D eigenvalue weighted by Crippen LogP contribution is 2.37. The second kappa shape index (κ2) is 10.9. The number of carbonyl (C=O) groups excluding carboxylic acids is 1. The van der Waals surface area contributed by atoms with E-state index in [1.807, 2.05) is 18.2 Å². The highest BCUT2D eigenvalue weighted by molar-refractivity contribution is 5.80. The largest absolute Gasteiger partial charge is 0.487 e. The molecule has 1 amide bonds. The number of nitrogens with one attached hydrogen (secondary N) is 1. The van der Waals surface area contributed by atoms with Gasteiger partial charge < -0.3 is 34.4 Å². The van der Waals surface area contributed by atoms with Crippen molar-refractivity contribution in [2.45, 2.75) is 63.7 Å². The molecular weight excluding hydrogens is 494 g/mol. The Balaban J connectivity index is 1.14. The Morgan fingerprint density at radius 3 is 2.67 bits per heavy atom. The number of hydrogen-bond donors (Lipinski definition) is 2. The van der Waals surface area contributed by atoms with Gasteiger partial charge in [-0.25, -0.2) is 0 Å². The first-order valence-electron chi connectivity index (χ1n) is 14.5. The number of fused-ring (bicyclic) bond motifs is 2. The van der Waals surface area contributed by atoms with Crippen LogP contribution in [0.25, 0.3) is 0 Å². The highest BCUT2D eigenvalue weighted by Gasteiger charge is 2.34. The van der Waals surface area contributed by atoms with Crippen LogP contribution in [0.5, 0.6) is 17.2 Å². The Morgan fingerprint density at radius 2 is 1.85 bits per heavy atom. The average Bonchev–Trinajstić information content (AvgIpc) is 3.64. The quantitative estimate of drug-likeness (QED) is 0.559. The van der Waals surface area contributed by atoms with Crippen LogP contribution in [0.2, 0.25) is 0 Å². The number of ether oxygens (including phenoxy) is 3. The Hall–Kier alpha value is -2.97. The van der Waals surface area contributed by atoms with E-state index in [-0.39, 0.29) is 17.4 Å². The van der Waals surface area contributed by atoms with Gasteiger partial charge in [-0.05, 0) is 88.4 Å². The number of amides is 1. The first kappa shape index (κ1) is 26.3. The number of aliphatic hydroxyl groups is 1. The number of likely N-dealkylation sites (tertiary alicyclic amines) is 1. The summed E-state index contributed by atoms with van der Waals surface area (Å²) in [5, 5.41) is 14.7. The van der Waals surface area contributed by atoms with Crippen molar-refractivity contribution in [1.82, 2.24) is 10.2 Å². The third-order valence-corrected chi connectivity index (χ3v) is 8.63. The van der Waals surface area contributed by atoms with E-state index in [0.717, 1.165) is 68.7 Å². The molecule has 0 bridgehead atoms. The molecular formula is C31H41N3O5. The minimum absolute atomic E-state index is 0.00799. The molecule has 4 aliphatic rings. The molecule has 6 rings (SSSR count). The summed E-state index contributed by atoms with van der Waals surface area (Å²) in [7, 11) is 0. The zero-order chi connectivity index (χ0) is 27.0. The van der Waals surface area contributed by atoms with Crippen LogP contribution in [0.3, 0.4) is 0 Å². The van der Waals surface area contributed by atoms with E-state index in [0.29, 0.717) is 37.8 Å². The Morgan fingerprint density at radius 1 is 1.05 bits per heavy atom. The lowest BCUT2D eigenvalue weighted by atomic mass is 9.94. The van der Waals surface area contributed by atoms with Gasteiger partial charge in [-0.3, -0.25) is 4.79 Å². The Kier molecular flexibility index (Phi) is 7.33. The fourth-order valence-electron chi connectivity index (χ4n) is 6.28. The summed E-state index contributed by atoms with van der Waals surface area (Å²) in [5.41, 5.74) is 2.94. The van der Waals surface area contributed by atoms with E-state index in [2.05, 4.69) is 47.2 Å². The van der Waals surface area contributed by atoms with Gasteiger partial charge in [-0.15, -0.1) is 0 Å². The van der Waals surface area contributed by atoms with E-state index >= 15 is 0 Å². The number of rotatable bonds is 7. The molecule has 8 nitrogen and oxygen atoms in total. The first-order valence-corrected chi connectivity index (χ1v) is 14.5. The Bertz CT molecular complexity index is 1190. The predicted octanol–water partition coefficient (Wildman–Crippen LogP) is 3.70. The molecule has 0 aromatic heterocycles. The minimum Gasteiger partial charge on any atom is -0.487 e. The Labute approximate surface area is 231 Å². The molecule has 0 saturated carbocycles. The van der Waals surface area contributed by atoms with Gasteiger partial charge >= 0.3 is 0 Å². The average molecular weight is 536 g/mol. The number of carbonyl (C=O) groups is 1. The lowest BCUT2D eigenvalue weighted by Gasteiger charge is -2.33. The normalized spacial score (nSPS) is 23.6. The molecule has 2 unspecified atom stereocenters. The minimum atomic E-state index is -0.843. The molecule has 210 valence electrons. The summed E-state index contributed by atoms with van der Waals surface area (Å²) in [4.78, 5) is 18.2. The number of nitrogens with zero attached hydrogens (tertiary/aromatic N) is 2. The molecule has 2 aromatic rings. The summed E-state index contributed by atoms with van der Waals surface area (Å²) in [6, 6.07) is 11.6. The second-order valence-corrected chi connectivity index (χ2v) is 12.1. The van der Waals surface area contributed by atoms with Crippen LogP contribution in [0, 0.1) is 5.92 Å². The van der Waals surface area contributed by atoms with Gasteiger partial charge in [0.05, 0.1) is 12.0 Å². The number of benzene rings is 2.